The molecule has 4 nitrogen and oxygen atoms in total. The van der Waals surface area contributed by atoms with Gasteiger partial charge in [-0.25, -0.2) is 0 Å². The molecule has 0 saturated heterocycles. The zero-order valence-electron chi connectivity index (χ0n) is 10.6. The summed E-state index contributed by atoms with van der Waals surface area (Å²) in [6.45, 7) is 17.7. The molecule has 0 saturated carbocycles. The van der Waals surface area contributed by atoms with Gasteiger partial charge in [-0.2, -0.15) is 0 Å². The second-order valence-corrected chi connectivity index (χ2v) is 2.30. The summed E-state index contributed by atoms with van der Waals surface area (Å²) >= 11 is 0. The summed E-state index contributed by atoms with van der Waals surface area (Å²) in [4.78, 5) is 0. The van der Waals surface area contributed by atoms with Crippen LogP contribution in [-0.2, 0) is 35.8 Å². The molecule has 0 fully saturated rings. The van der Waals surface area contributed by atoms with Crippen molar-refractivity contribution in [2.75, 3.05) is 13.2 Å². The van der Waals surface area contributed by atoms with Crippen molar-refractivity contribution in [3.63, 3.8) is 0 Å². The Kier molecular flexibility index (Phi) is 43.3. The van der Waals surface area contributed by atoms with E-state index in [1.54, 1.807) is 0 Å². The summed E-state index contributed by atoms with van der Waals surface area (Å²) in [5.41, 5.74) is 0. The topological polar surface area (TPSA) is 58.3 Å². The smallest absolute Gasteiger partial charge is 0.0435 e. The molecule has 0 N–H and O–H groups in total. The third kappa shape index (κ3) is 29.5. The summed E-state index contributed by atoms with van der Waals surface area (Å²) < 4.78 is 24.9. The first-order chi connectivity index (χ1) is 8.31. The van der Waals surface area contributed by atoms with Crippen molar-refractivity contribution in [2.24, 2.45) is 0 Å². The van der Waals surface area contributed by atoms with Gasteiger partial charge in [-0.15, -0.1) is 0 Å². The van der Waals surface area contributed by atoms with Crippen LogP contribution in [0, 0.1) is 26.6 Å². The van der Waals surface area contributed by atoms with Gasteiger partial charge in [-0.05, 0) is 13.8 Å². The molecule has 0 amide bonds. The van der Waals surface area contributed by atoms with Crippen LogP contribution in [0.3, 0.4) is 0 Å². The maximum absolute atomic E-state index is 7.50. The van der Waals surface area contributed by atoms with Crippen molar-refractivity contribution < 1.29 is 35.8 Å². The van der Waals surface area contributed by atoms with Crippen molar-refractivity contribution in [1.82, 2.24) is 0 Å². The van der Waals surface area contributed by atoms with Crippen LogP contribution in [0.1, 0.15) is 13.8 Å². The monoisotopic (exact) mass is 294 g/mol. The minimum Gasteiger partial charge on any atom is -0.384 e. The van der Waals surface area contributed by atoms with Gasteiger partial charge in [0.2, 0.25) is 0 Å². The average molecular weight is 294 g/mol. The zero-order valence-corrected chi connectivity index (χ0v) is 11.7. The second-order valence-electron chi connectivity index (χ2n) is 2.30. The Morgan fingerprint density at radius 3 is 1.44 bits per heavy atom. The van der Waals surface area contributed by atoms with Gasteiger partial charge in [0.25, 0.3) is 0 Å². The largest absolute Gasteiger partial charge is 0.384 e. The van der Waals surface area contributed by atoms with Crippen LogP contribution in [-0.4, -0.2) is 19.5 Å². The molecule has 0 unspecified atom stereocenters. The molecule has 5 heteroatoms. The van der Waals surface area contributed by atoms with Gasteiger partial charge in [-0.3, -0.25) is 6.92 Å². The fraction of sp³-hybridized carbons (Fsp3) is 0.385. The summed E-state index contributed by atoms with van der Waals surface area (Å²) in [5.74, 6) is 0. The standard InChI is InChI=1S/C6H13O2.C5H5.2CO.Fe/c1-4-7-6(3)8-5-2;1-2-4-5-3-1;2*1-2;/h6H,3-5H2,1-2H3;1-5H;;;/q-1;;;;. The molecule has 0 spiro atoms. The summed E-state index contributed by atoms with van der Waals surface area (Å²) in [6.07, 6.45) is 9.71. The number of ether oxygens (including phenoxy) is 2. The van der Waals surface area contributed by atoms with Gasteiger partial charge in [0.15, 0.2) is 0 Å². The average Bonchev–Trinajstić information content (AvgIpc) is 2.94. The molecule has 0 aromatic heterocycles. The van der Waals surface area contributed by atoms with E-state index in [4.69, 9.17) is 18.8 Å². The summed E-state index contributed by atoms with van der Waals surface area (Å²) in [5, 5.41) is 0. The summed E-state index contributed by atoms with van der Waals surface area (Å²) in [7, 11) is 0. The number of rotatable bonds is 4. The first-order valence-corrected chi connectivity index (χ1v) is 4.95. The molecule has 1 aliphatic carbocycles. The van der Waals surface area contributed by atoms with E-state index in [2.05, 4.69) is 20.2 Å². The maximum atomic E-state index is 7.50. The van der Waals surface area contributed by atoms with Crippen molar-refractivity contribution in [3.05, 3.63) is 50.9 Å². The molecular weight excluding hydrogens is 276 g/mol. The molecule has 1 aliphatic rings. The molecule has 0 aromatic carbocycles. The van der Waals surface area contributed by atoms with Gasteiger partial charge < -0.3 is 9.47 Å². The molecule has 1 rings (SSSR count). The molecule has 0 heterocycles. The van der Waals surface area contributed by atoms with E-state index in [9.17, 15) is 0 Å². The summed E-state index contributed by atoms with van der Waals surface area (Å²) in [6, 6.07) is 0. The Hall–Kier alpha value is -0.601. The molecule has 0 atom stereocenters. The first-order valence-electron chi connectivity index (χ1n) is 4.95. The van der Waals surface area contributed by atoms with Crippen LogP contribution in [0.5, 0.6) is 0 Å². The van der Waals surface area contributed by atoms with E-state index < -0.39 is 0 Å². The van der Waals surface area contributed by atoms with Crippen molar-refractivity contribution in [3.8, 4) is 0 Å². The van der Waals surface area contributed by atoms with Crippen LogP contribution >= 0.6 is 0 Å². The zero-order chi connectivity index (χ0) is 13.9. The van der Waals surface area contributed by atoms with Crippen LogP contribution in [0.25, 0.3) is 0 Å². The Bertz CT molecular complexity index is 200. The number of hydrogen-bond acceptors (Lipinski definition) is 2. The Morgan fingerprint density at radius 2 is 1.28 bits per heavy atom. The van der Waals surface area contributed by atoms with E-state index in [0.29, 0.717) is 13.2 Å². The molecule has 0 bridgehead atoms. The fourth-order valence-corrected chi connectivity index (χ4v) is 0.741. The Morgan fingerprint density at radius 1 is 0.944 bits per heavy atom. The third-order valence-corrected chi connectivity index (χ3v) is 1.26. The molecule has 1 radical (unpaired) electrons. The first kappa shape index (κ1) is 26.1. The van der Waals surface area contributed by atoms with Crippen LogP contribution in [0.4, 0.5) is 0 Å². The predicted octanol–water partition coefficient (Wildman–Crippen LogP) is 2.46. The number of hydrogen-bond donors (Lipinski definition) is 0. The van der Waals surface area contributed by atoms with E-state index >= 15 is 0 Å². The molecule has 0 aromatic rings. The molecule has 18 heavy (non-hydrogen) atoms. The molecule has 103 valence electrons. The quantitative estimate of drug-likeness (QED) is 0.346. The Balaban J connectivity index is -0.0000000847. The van der Waals surface area contributed by atoms with Gasteiger partial charge in [0, 0.05) is 43.0 Å². The van der Waals surface area contributed by atoms with E-state index in [1.807, 2.05) is 44.6 Å². The molecular formula is C13H18FeO4-. The maximum Gasteiger partial charge on any atom is 0.0435 e. The van der Waals surface area contributed by atoms with Crippen molar-refractivity contribution in [1.29, 1.82) is 0 Å². The van der Waals surface area contributed by atoms with Gasteiger partial charge in [0.1, 0.15) is 0 Å². The molecule has 0 aliphatic heterocycles. The predicted molar refractivity (Wildman–Crippen MR) is 62.8 cm³/mol. The van der Waals surface area contributed by atoms with E-state index in [-0.39, 0.29) is 23.4 Å². The normalized spacial score (nSPS) is 9.78. The van der Waals surface area contributed by atoms with E-state index in [1.165, 1.54) is 0 Å². The fourth-order valence-electron chi connectivity index (χ4n) is 0.741. The van der Waals surface area contributed by atoms with Crippen LogP contribution in [0.2, 0.25) is 0 Å². The van der Waals surface area contributed by atoms with Gasteiger partial charge in [-0.1, -0.05) is 24.3 Å². The van der Waals surface area contributed by atoms with E-state index in [0.717, 1.165) is 0 Å². The van der Waals surface area contributed by atoms with Crippen LogP contribution in [0.15, 0.2) is 24.3 Å². The third-order valence-electron chi connectivity index (χ3n) is 1.26. The second kappa shape index (κ2) is 29.9. The van der Waals surface area contributed by atoms with Gasteiger partial charge >= 0.3 is 22.6 Å². The van der Waals surface area contributed by atoms with Crippen molar-refractivity contribution >= 4 is 0 Å². The Labute approximate surface area is 120 Å². The SMILES string of the molecule is [C-]#[O+].[C-]#[O+].[CH2-]C(OCC)OCC.[CH]1C=CC=C1.[Fe]. The van der Waals surface area contributed by atoms with Crippen LogP contribution < -0.4 is 0 Å². The van der Waals surface area contributed by atoms with Crippen molar-refractivity contribution in [2.45, 2.75) is 20.1 Å². The minimum atomic E-state index is -0.287. The van der Waals surface area contributed by atoms with Gasteiger partial charge in [0.05, 0.1) is 0 Å². The number of allylic oxidation sites excluding steroid dienone is 4. The minimum absolute atomic E-state index is 0.